The Hall–Kier alpha value is -0.880. The van der Waals surface area contributed by atoms with Gasteiger partial charge in [0.15, 0.2) is 0 Å². The van der Waals surface area contributed by atoms with Crippen molar-refractivity contribution in [2.45, 2.75) is 44.9 Å². The van der Waals surface area contributed by atoms with Gasteiger partial charge in [-0.05, 0) is 33.8 Å². The summed E-state index contributed by atoms with van der Waals surface area (Å²) >= 11 is 0. The van der Waals surface area contributed by atoms with Crippen molar-refractivity contribution >= 4 is 11.0 Å². The third-order valence-electron chi connectivity index (χ3n) is 2.58. The summed E-state index contributed by atoms with van der Waals surface area (Å²) in [6, 6.07) is 2.78. The molecule has 1 aromatic rings. The summed E-state index contributed by atoms with van der Waals surface area (Å²) in [7, 11) is -1.36. The fourth-order valence-electron chi connectivity index (χ4n) is 1.43. The van der Waals surface area contributed by atoms with E-state index in [1.807, 2.05) is 0 Å². The zero-order valence-electron chi connectivity index (χ0n) is 11.3. The SMILES string of the molecule is C[C@H](NS(=O)C(C)(C)C)c1ccc(C(F)F)cc1F. The van der Waals surface area contributed by atoms with Crippen LogP contribution in [0.1, 0.15) is 51.3 Å². The van der Waals surface area contributed by atoms with Gasteiger partial charge in [0.25, 0.3) is 6.43 Å². The lowest BCUT2D eigenvalue weighted by Gasteiger charge is -2.22. The topological polar surface area (TPSA) is 29.1 Å². The Bertz CT molecular complexity index is 471. The van der Waals surface area contributed by atoms with Crippen LogP contribution in [0.25, 0.3) is 0 Å². The first-order valence-corrected chi connectivity index (χ1v) is 7.03. The van der Waals surface area contributed by atoms with Gasteiger partial charge in [0.05, 0.1) is 15.7 Å². The molecule has 0 heterocycles. The Morgan fingerprint density at radius 1 is 1.26 bits per heavy atom. The minimum absolute atomic E-state index is 0.224. The van der Waals surface area contributed by atoms with Crippen molar-refractivity contribution in [1.29, 1.82) is 0 Å². The number of alkyl halides is 2. The molecule has 0 bridgehead atoms. The van der Waals surface area contributed by atoms with Crippen LogP contribution in [0.3, 0.4) is 0 Å². The highest BCUT2D eigenvalue weighted by atomic mass is 32.2. The van der Waals surface area contributed by atoms with Crippen molar-refractivity contribution in [3.05, 3.63) is 35.1 Å². The van der Waals surface area contributed by atoms with Crippen LogP contribution >= 0.6 is 0 Å². The number of rotatable bonds is 4. The standard InChI is InChI=1S/C13H18F3NOS/c1-8(17-19(18)13(2,3)4)10-6-5-9(12(15)16)7-11(10)14/h5-8,12,17H,1-4H3/t8-,19?/m0/s1. The molecule has 19 heavy (non-hydrogen) atoms. The minimum Gasteiger partial charge on any atom is -0.242 e. The van der Waals surface area contributed by atoms with Gasteiger partial charge in [-0.1, -0.05) is 12.1 Å². The molecule has 2 atom stereocenters. The summed E-state index contributed by atoms with van der Waals surface area (Å²) in [6.45, 7) is 7.02. The van der Waals surface area contributed by atoms with Gasteiger partial charge in [-0.2, -0.15) is 0 Å². The van der Waals surface area contributed by atoms with Crippen LogP contribution in [0, 0.1) is 5.82 Å². The van der Waals surface area contributed by atoms with Crippen LogP contribution in [0.4, 0.5) is 13.2 Å². The first-order valence-electron chi connectivity index (χ1n) is 5.88. The van der Waals surface area contributed by atoms with E-state index in [2.05, 4.69) is 4.72 Å². The quantitative estimate of drug-likeness (QED) is 0.897. The lowest BCUT2D eigenvalue weighted by Crippen LogP contribution is -2.35. The monoisotopic (exact) mass is 293 g/mol. The summed E-state index contributed by atoms with van der Waals surface area (Å²) in [6.07, 6.45) is -2.70. The van der Waals surface area contributed by atoms with Crippen molar-refractivity contribution in [3.63, 3.8) is 0 Å². The van der Waals surface area contributed by atoms with Crippen LogP contribution in [0.15, 0.2) is 18.2 Å². The van der Waals surface area contributed by atoms with Crippen LogP contribution in [0.5, 0.6) is 0 Å². The van der Waals surface area contributed by atoms with E-state index in [0.717, 1.165) is 6.07 Å². The van der Waals surface area contributed by atoms with E-state index in [9.17, 15) is 17.4 Å². The molecule has 0 radical (unpaired) electrons. The van der Waals surface area contributed by atoms with E-state index in [1.54, 1.807) is 27.7 Å². The normalized spacial score (nSPS) is 15.6. The molecule has 1 unspecified atom stereocenters. The van der Waals surface area contributed by atoms with Crippen LogP contribution in [-0.4, -0.2) is 8.96 Å². The Morgan fingerprint density at radius 3 is 2.26 bits per heavy atom. The van der Waals surface area contributed by atoms with Crippen molar-refractivity contribution in [2.75, 3.05) is 0 Å². The number of halogens is 3. The number of nitrogens with one attached hydrogen (secondary N) is 1. The number of benzene rings is 1. The van der Waals surface area contributed by atoms with Crippen molar-refractivity contribution < 1.29 is 17.4 Å². The highest BCUT2D eigenvalue weighted by molar-refractivity contribution is 7.84. The van der Waals surface area contributed by atoms with Gasteiger partial charge < -0.3 is 0 Å². The van der Waals surface area contributed by atoms with Gasteiger partial charge in [-0.15, -0.1) is 0 Å². The molecule has 0 spiro atoms. The van der Waals surface area contributed by atoms with E-state index < -0.39 is 34.0 Å². The molecule has 0 saturated heterocycles. The van der Waals surface area contributed by atoms with Gasteiger partial charge in [-0.25, -0.2) is 22.1 Å². The van der Waals surface area contributed by atoms with Crippen molar-refractivity contribution in [2.24, 2.45) is 0 Å². The maximum Gasteiger partial charge on any atom is 0.263 e. The first-order chi connectivity index (χ1) is 8.62. The summed E-state index contributed by atoms with van der Waals surface area (Å²) in [4.78, 5) is 0. The fraction of sp³-hybridized carbons (Fsp3) is 0.538. The molecule has 0 aliphatic carbocycles. The zero-order valence-corrected chi connectivity index (χ0v) is 12.2. The maximum atomic E-state index is 13.7. The average molecular weight is 293 g/mol. The molecule has 1 rings (SSSR count). The summed E-state index contributed by atoms with van der Waals surface area (Å²) in [5, 5.41) is 0. The Balaban J connectivity index is 2.89. The molecule has 0 fully saturated rings. The summed E-state index contributed by atoms with van der Waals surface area (Å²) in [5.74, 6) is -0.719. The van der Waals surface area contributed by atoms with Crippen LogP contribution < -0.4 is 4.72 Å². The van der Waals surface area contributed by atoms with E-state index in [0.29, 0.717) is 0 Å². The molecular formula is C13H18F3NOS. The first kappa shape index (κ1) is 16.2. The lowest BCUT2D eigenvalue weighted by molar-refractivity contribution is 0.151. The van der Waals surface area contributed by atoms with E-state index in [4.69, 9.17) is 0 Å². The van der Waals surface area contributed by atoms with Crippen molar-refractivity contribution in [1.82, 2.24) is 4.72 Å². The summed E-state index contributed by atoms with van der Waals surface area (Å²) < 4.78 is 52.8. The number of hydrogen-bond donors (Lipinski definition) is 1. The molecule has 0 saturated carbocycles. The number of hydrogen-bond acceptors (Lipinski definition) is 1. The summed E-state index contributed by atoms with van der Waals surface area (Å²) in [5.41, 5.74) is -0.132. The molecule has 2 nitrogen and oxygen atoms in total. The molecule has 1 N–H and O–H groups in total. The minimum atomic E-state index is -2.70. The second-order valence-corrected chi connectivity index (χ2v) is 7.30. The Kier molecular flexibility index (Phi) is 5.15. The van der Waals surface area contributed by atoms with Gasteiger partial charge in [0, 0.05) is 17.2 Å². The van der Waals surface area contributed by atoms with Gasteiger partial charge >= 0.3 is 0 Å². The van der Waals surface area contributed by atoms with E-state index in [1.165, 1.54) is 12.1 Å². The van der Waals surface area contributed by atoms with Gasteiger partial charge in [0.2, 0.25) is 0 Å². The molecule has 1 aromatic carbocycles. The lowest BCUT2D eigenvalue weighted by atomic mass is 10.1. The molecular weight excluding hydrogens is 275 g/mol. The molecule has 108 valence electrons. The average Bonchev–Trinajstić information content (AvgIpc) is 2.26. The van der Waals surface area contributed by atoms with E-state index in [-0.39, 0.29) is 11.1 Å². The van der Waals surface area contributed by atoms with Crippen molar-refractivity contribution in [3.8, 4) is 0 Å². The third kappa shape index (κ3) is 4.31. The van der Waals surface area contributed by atoms with Gasteiger partial charge in [0.1, 0.15) is 5.82 Å². The third-order valence-corrected chi connectivity index (χ3v) is 4.26. The maximum absolute atomic E-state index is 13.7. The molecule has 0 aliphatic rings. The molecule has 0 aromatic heterocycles. The van der Waals surface area contributed by atoms with E-state index >= 15 is 0 Å². The molecule has 6 heteroatoms. The smallest absolute Gasteiger partial charge is 0.242 e. The Morgan fingerprint density at radius 2 is 1.84 bits per heavy atom. The largest absolute Gasteiger partial charge is 0.263 e. The molecule has 0 amide bonds. The molecule has 0 aliphatic heterocycles. The van der Waals surface area contributed by atoms with Crippen LogP contribution in [-0.2, 0) is 11.0 Å². The fourth-order valence-corrected chi connectivity index (χ4v) is 2.23. The highest BCUT2D eigenvalue weighted by Gasteiger charge is 2.23. The second kappa shape index (κ2) is 6.05. The second-order valence-electron chi connectivity index (χ2n) is 5.30. The predicted molar refractivity (Wildman–Crippen MR) is 70.8 cm³/mol. The highest BCUT2D eigenvalue weighted by Crippen LogP contribution is 2.25. The van der Waals surface area contributed by atoms with Gasteiger partial charge in [-0.3, -0.25) is 0 Å². The Labute approximate surface area is 114 Å². The predicted octanol–water partition coefficient (Wildman–Crippen LogP) is 3.88. The van der Waals surface area contributed by atoms with Crippen LogP contribution in [0.2, 0.25) is 0 Å². The zero-order chi connectivity index (χ0) is 14.8.